The third-order valence-corrected chi connectivity index (χ3v) is 4.58. The number of anilines is 1. The number of benzene rings is 1. The topological polar surface area (TPSA) is 89.3 Å². The molecule has 0 saturated carbocycles. The van der Waals surface area contributed by atoms with Crippen molar-refractivity contribution in [3.63, 3.8) is 0 Å². The summed E-state index contributed by atoms with van der Waals surface area (Å²) < 4.78 is 62.8. The van der Waals surface area contributed by atoms with E-state index in [0.29, 0.717) is 18.2 Å². The summed E-state index contributed by atoms with van der Waals surface area (Å²) in [6.45, 7) is 0.0125. The van der Waals surface area contributed by atoms with E-state index in [2.05, 4.69) is 4.72 Å². The summed E-state index contributed by atoms with van der Waals surface area (Å²) in [4.78, 5) is -0.705. The van der Waals surface area contributed by atoms with Gasteiger partial charge in [0.05, 0.1) is 5.69 Å². The predicted octanol–water partition coefficient (Wildman–Crippen LogP) is 0.594. The van der Waals surface area contributed by atoms with Gasteiger partial charge in [0.15, 0.2) is 0 Å². The van der Waals surface area contributed by atoms with Gasteiger partial charge in [0.1, 0.15) is 16.5 Å². The van der Waals surface area contributed by atoms with Crippen molar-refractivity contribution in [3.05, 3.63) is 23.8 Å². The summed E-state index contributed by atoms with van der Waals surface area (Å²) in [5, 5.41) is 0. The average molecular weight is 312 g/mol. The number of rotatable bonds is 6. The molecule has 0 radical (unpaired) electrons. The fourth-order valence-corrected chi connectivity index (χ4v) is 3.03. The van der Waals surface area contributed by atoms with Crippen LogP contribution in [0.15, 0.2) is 17.0 Å². The first-order valence-corrected chi connectivity index (χ1v) is 8.49. The summed E-state index contributed by atoms with van der Waals surface area (Å²) in [5.74, 6) is -1.90. The van der Waals surface area contributed by atoms with Gasteiger partial charge in [-0.2, -0.15) is 0 Å². The van der Waals surface area contributed by atoms with Crippen LogP contribution < -0.4 is 10.5 Å². The van der Waals surface area contributed by atoms with Gasteiger partial charge in [-0.3, -0.25) is 4.21 Å². The lowest BCUT2D eigenvalue weighted by molar-refractivity contribution is 0.544. The highest BCUT2D eigenvalue weighted by atomic mass is 32.2. The van der Waals surface area contributed by atoms with Crippen LogP contribution in [0, 0.1) is 11.6 Å². The van der Waals surface area contributed by atoms with E-state index in [1.165, 1.54) is 6.26 Å². The monoisotopic (exact) mass is 312 g/mol. The molecule has 0 bridgehead atoms. The highest BCUT2D eigenvalue weighted by Gasteiger charge is 2.20. The van der Waals surface area contributed by atoms with Gasteiger partial charge in [-0.25, -0.2) is 21.9 Å². The molecule has 0 heterocycles. The number of sulfonamides is 1. The summed E-state index contributed by atoms with van der Waals surface area (Å²) in [6.07, 6.45) is 1.84. The van der Waals surface area contributed by atoms with Gasteiger partial charge in [0.25, 0.3) is 0 Å². The van der Waals surface area contributed by atoms with Crippen LogP contribution in [0.2, 0.25) is 0 Å². The molecule has 1 aromatic carbocycles. The maximum atomic E-state index is 13.4. The van der Waals surface area contributed by atoms with Gasteiger partial charge >= 0.3 is 0 Å². The molecule has 0 aliphatic heterocycles. The largest absolute Gasteiger partial charge is 0.396 e. The van der Waals surface area contributed by atoms with Crippen molar-refractivity contribution in [1.29, 1.82) is 0 Å². The van der Waals surface area contributed by atoms with Crippen LogP contribution >= 0.6 is 0 Å². The van der Waals surface area contributed by atoms with Crippen LogP contribution in [0.3, 0.4) is 0 Å². The van der Waals surface area contributed by atoms with Gasteiger partial charge in [-0.1, -0.05) is 0 Å². The zero-order chi connectivity index (χ0) is 14.6. The predicted molar refractivity (Wildman–Crippen MR) is 69.5 cm³/mol. The van der Waals surface area contributed by atoms with E-state index < -0.39 is 43.0 Å². The minimum atomic E-state index is -4.10. The first-order valence-electron chi connectivity index (χ1n) is 5.28. The lowest BCUT2D eigenvalue weighted by Crippen LogP contribution is -2.26. The van der Waals surface area contributed by atoms with Crippen molar-refractivity contribution in [3.8, 4) is 0 Å². The molecule has 3 N–H and O–H groups in total. The molecule has 0 aliphatic carbocycles. The second kappa shape index (κ2) is 6.40. The summed E-state index contributed by atoms with van der Waals surface area (Å²) in [5.41, 5.74) is 4.76. The molecule has 0 saturated heterocycles. The van der Waals surface area contributed by atoms with Crippen molar-refractivity contribution in [2.45, 2.75) is 11.3 Å². The van der Waals surface area contributed by atoms with Crippen LogP contribution in [0.25, 0.3) is 0 Å². The minimum Gasteiger partial charge on any atom is -0.396 e. The van der Waals surface area contributed by atoms with Gasteiger partial charge in [0.2, 0.25) is 10.0 Å². The van der Waals surface area contributed by atoms with E-state index in [-0.39, 0.29) is 6.54 Å². The Morgan fingerprint density at radius 2 is 1.95 bits per heavy atom. The summed E-state index contributed by atoms with van der Waals surface area (Å²) in [7, 11) is -5.13. The first-order chi connectivity index (χ1) is 8.74. The molecule has 0 amide bonds. The molecule has 9 heteroatoms. The van der Waals surface area contributed by atoms with Crippen LogP contribution in [-0.4, -0.2) is 31.2 Å². The molecule has 5 nitrogen and oxygen atoms in total. The molecule has 0 spiro atoms. The molecule has 0 aliphatic rings. The molecule has 19 heavy (non-hydrogen) atoms. The minimum absolute atomic E-state index is 0.0125. The quantitative estimate of drug-likeness (QED) is 0.594. The van der Waals surface area contributed by atoms with Crippen molar-refractivity contribution in [2.24, 2.45) is 0 Å². The zero-order valence-corrected chi connectivity index (χ0v) is 11.8. The lowest BCUT2D eigenvalue weighted by Gasteiger charge is -2.08. The molecule has 1 rings (SSSR count). The van der Waals surface area contributed by atoms with Gasteiger partial charge < -0.3 is 5.73 Å². The van der Waals surface area contributed by atoms with Crippen molar-refractivity contribution >= 4 is 26.5 Å². The van der Waals surface area contributed by atoms with Gasteiger partial charge in [-0.15, -0.1) is 0 Å². The maximum absolute atomic E-state index is 13.4. The SMILES string of the molecule is CS(=O)CCCNS(=O)(=O)c1cc(N)c(F)cc1F. The second-order valence-corrected chi connectivity index (χ2v) is 7.12. The molecular formula is C10H14F2N2O3S2. The Labute approximate surface area is 112 Å². The Kier molecular flexibility index (Phi) is 5.39. The fraction of sp³-hybridized carbons (Fsp3) is 0.400. The van der Waals surface area contributed by atoms with Gasteiger partial charge in [0, 0.05) is 35.4 Å². The Morgan fingerprint density at radius 1 is 1.32 bits per heavy atom. The van der Waals surface area contributed by atoms with Crippen LogP contribution in [0.1, 0.15) is 6.42 Å². The lowest BCUT2D eigenvalue weighted by atomic mass is 10.3. The number of hydrogen-bond acceptors (Lipinski definition) is 4. The summed E-state index contributed by atoms with van der Waals surface area (Å²) in [6, 6.07) is 1.15. The normalized spacial score (nSPS) is 13.4. The fourth-order valence-electron chi connectivity index (χ4n) is 1.31. The van der Waals surface area contributed by atoms with E-state index in [9.17, 15) is 21.4 Å². The highest BCUT2D eigenvalue weighted by Crippen LogP contribution is 2.20. The highest BCUT2D eigenvalue weighted by molar-refractivity contribution is 7.89. The molecule has 108 valence electrons. The van der Waals surface area contributed by atoms with E-state index in [1.54, 1.807) is 0 Å². The van der Waals surface area contributed by atoms with E-state index >= 15 is 0 Å². The van der Waals surface area contributed by atoms with Crippen molar-refractivity contribution in [2.75, 3.05) is 24.3 Å². The molecule has 0 aromatic heterocycles. The Morgan fingerprint density at radius 3 is 2.53 bits per heavy atom. The number of nitrogens with one attached hydrogen (secondary N) is 1. The van der Waals surface area contributed by atoms with E-state index in [4.69, 9.17) is 5.73 Å². The van der Waals surface area contributed by atoms with Crippen molar-refractivity contribution < 1.29 is 21.4 Å². The maximum Gasteiger partial charge on any atom is 0.243 e. The summed E-state index contributed by atoms with van der Waals surface area (Å²) >= 11 is 0. The average Bonchev–Trinajstić information content (AvgIpc) is 2.29. The molecule has 1 aromatic rings. The van der Waals surface area contributed by atoms with Crippen LogP contribution in [0.4, 0.5) is 14.5 Å². The van der Waals surface area contributed by atoms with E-state index in [1.807, 2.05) is 0 Å². The Bertz CT molecular complexity index is 591. The van der Waals surface area contributed by atoms with Crippen LogP contribution in [-0.2, 0) is 20.8 Å². The van der Waals surface area contributed by atoms with E-state index in [0.717, 1.165) is 6.07 Å². The third-order valence-electron chi connectivity index (χ3n) is 2.24. The first kappa shape index (κ1) is 16.0. The Balaban J connectivity index is 2.83. The molecule has 0 fully saturated rings. The number of nitrogen functional groups attached to an aromatic ring is 1. The smallest absolute Gasteiger partial charge is 0.243 e. The Hall–Kier alpha value is -1.06. The second-order valence-electron chi connectivity index (χ2n) is 3.83. The van der Waals surface area contributed by atoms with Crippen LogP contribution in [0.5, 0.6) is 0 Å². The van der Waals surface area contributed by atoms with Gasteiger partial charge in [-0.05, 0) is 12.5 Å². The zero-order valence-electron chi connectivity index (χ0n) is 10.2. The van der Waals surface area contributed by atoms with Crippen molar-refractivity contribution in [1.82, 2.24) is 4.72 Å². The number of nitrogens with two attached hydrogens (primary N) is 1. The number of hydrogen-bond donors (Lipinski definition) is 2. The number of halogens is 2. The molecule has 1 unspecified atom stereocenters. The molecular weight excluding hydrogens is 298 g/mol. The standard InChI is InChI=1S/C10H14F2N2O3S2/c1-18(15)4-2-3-14-19(16,17)10-6-9(13)7(11)5-8(10)12/h5-6,14H,2-4,13H2,1H3. The third kappa shape index (κ3) is 4.51. The molecule has 1 atom stereocenters.